The van der Waals surface area contributed by atoms with E-state index in [1.54, 1.807) is 32.2 Å². The van der Waals surface area contributed by atoms with Gasteiger partial charge >= 0.3 is 12.1 Å². The number of cyclic esters (lactones) is 1. The van der Waals surface area contributed by atoms with Crippen molar-refractivity contribution in [2.45, 2.75) is 39.0 Å². The van der Waals surface area contributed by atoms with Gasteiger partial charge in [-0.05, 0) is 57.3 Å². The van der Waals surface area contributed by atoms with Crippen LogP contribution in [0, 0.1) is 6.92 Å². The fourth-order valence-corrected chi connectivity index (χ4v) is 4.65. The van der Waals surface area contributed by atoms with Gasteiger partial charge in [0.05, 0.1) is 22.5 Å². The molecule has 1 aliphatic rings. The smallest absolute Gasteiger partial charge is 0.405 e. The van der Waals surface area contributed by atoms with E-state index < -0.39 is 23.2 Å². The summed E-state index contributed by atoms with van der Waals surface area (Å²) in [6, 6.07) is 6.87. The van der Waals surface area contributed by atoms with Crippen molar-refractivity contribution in [1.82, 2.24) is 14.5 Å². The lowest BCUT2D eigenvalue weighted by Crippen LogP contribution is -2.48. The van der Waals surface area contributed by atoms with Crippen LogP contribution in [0.4, 0.5) is 4.79 Å². The Balaban J connectivity index is 2.00. The van der Waals surface area contributed by atoms with Crippen LogP contribution in [0.1, 0.15) is 35.6 Å². The number of amides is 1. The number of primary amides is 1. The van der Waals surface area contributed by atoms with E-state index >= 15 is 0 Å². The molecule has 4 rings (SSSR count). The van der Waals surface area contributed by atoms with Crippen LogP contribution in [0.5, 0.6) is 5.75 Å². The quantitative estimate of drug-likeness (QED) is 0.531. The number of phenols is 1. The third-order valence-electron chi connectivity index (χ3n) is 6.41. The summed E-state index contributed by atoms with van der Waals surface area (Å²) in [5.41, 5.74) is 6.63. The number of hydrogen-bond acceptors (Lipinski definition) is 8. The number of carbonyl (C=O) groups is 2. The lowest BCUT2D eigenvalue weighted by atomic mass is 9.85. The molecule has 1 aromatic carbocycles. The second-order valence-corrected chi connectivity index (χ2v) is 8.99. The number of rotatable bonds is 5. The van der Waals surface area contributed by atoms with Gasteiger partial charge in [0, 0.05) is 30.1 Å². The molecule has 0 aliphatic carbocycles. The number of fused-ring (bicyclic) bond motifs is 2. The Kier molecular flexibility index (Phi) is 6.02. The number of hydrogen-bond donors (Lipinski definition) is 2. The van der Waals surface area contributed by atoms with E-state index in [-0.39, 0.29) is 29.9 Å². The number of carbonyl (C=O) groups excluding carboxylic acids is 2. The average Bonchev–Trinajstić information content (AvgIpc) is 2.79. The molecule has 0 bridgehead atoms. The molecule has 0 spiro atoms. The highest BCUT2D eigenvalue weighted by molar-refractivity contribution is 5.89. The number of aryl methyl sites for hydroxylation is 1. The molecule has 184 valence electrons. The van der Waals surface area contributed by atoms with Gasteiger partial charge in [0.25, 0.3) is 5.56 Å². The summed E-state index contributed by atoms with van der Waals surface area (Å²) in [4.78, 5) is 44.6. The molecule has 1 amide bonds. The van der Waals surface area contributed by atoms with Crippen molar-refractivity contribution in [1.29, 1.82) is 0 Å². The predicted octanol–water partition coefficient (Wildman–Crippen LogP) is 2.43. The number of nitrogens with zero attached hydrogens (tertiary/aromatic N) is 3. The molecule has 2 aromatic heterocycles. The third kappa shape index (κ3) is 3.89. The monoisotopic (exact) mass is 480 g/mol. The van der Waals surface area contributed by atoms with E-state index in [1.807, 2.05) is 32.0 Å². The normalized spacial score (nSPS) is 17.4. The van der Waals surface area contributed by atoms with Crippen LogP contribution in [-0.4, -0.2) is 45.7 Å². The third-order valence-corrected chi connectivity index (χ3v) is 6.41. The standard InChI is InChI=1S/C25H28N4O6/c1-6-25(35-24(26)33)17-10-19(29(5)22(31)16(17)12-34-23(25)32)21-13(2)9-14-15(11-28(3)4)20(30)8-7-18(14)27-21/h7-10,30H,6,11-12H2,1-5H3,(H2,26,33). The van der Waals surface area contributed by atoms with E-state index in [2.05, 4.69) is 0 Å². The van der Waals surface area contributed by atoms with Crippen molar-refractivity contribution in [2.24, 2.45) is 12.8 Å². The highest BCUT2D eigenvalue weighted by Gasteiger charge is 2.49. The van der Waals surface area contributed by atoms with Crippen molar-refractivity contribution in [3.05, 3.63) is 56.9 Å². The zero-order valence-electron chi connectivity index (χ0n) is 20.3. The summed E-state index contributed by atoms with van der Waals surface area (Å²) >= 11 is 0. The number of phenolic OH excluding ortho intramolecular Hbond substituents is 1. The summed E-state index contributed by atoms with van der Waals surface area (Å²) in [6.07, 6.45) is -1.11. The highest BCUT2D eigenvalue weighted by atomic mass is 16.6. The molecule has 0 radical (unpaired) electrons. The van der Waals surface area contributed by atoms with Crippen molar-refractivity contribution < 1.29 is 24.2 Å². The maximum absolute atomic E-state index is 13.3. The van der Waals surface area contributed by atoms with Crippen molar-refractivity contribution in [3.63, 3.8) is 0 Å². The van der Waals surface area contributed by atoms with Gasteiger partial charge in [-0.3, -0.25) is 4.79 Å². The van der Waals surface area contributed by atoms with Crippen LogP contribution in [0.2, 0.25) is 0 Å². The van der Waals surface area contributed by atoms with Gasteiger partial charge in [0.2, 0.25) is 5.60 Å². The first-order chi connectivity index (χ1) is 16.5. The molecule has 0 saturated heterocycles. The number of nitrogens with two attached hydrogens (primary N) is 1. The fourth-order valence-electron chi connectivity index (χ4n) is 4.65. The predicted molar refractivity (Wildman–Crippen MR) is 129 cm³/mol. The fraction of sp³-hybridized carbons (Fsp3) is 0.360. The summed E-state index contributed by atoms with van der Waals surface area (Å²) in [7, 11) is 5.43. The Bertz CT molecular complexity index is 1430. The molecule has 10 nitrogen and oxygen atoms in total. The zero-order chi connectivity index (χ0) is 25.7. The van der Waals surface area contributed by atoms with E-state index in [0.29, 0.717) is 23.4 Å². The molecular formula is C25H28N4O6. The molecule has 3 aromatic rings. The minimum Gasteiger partial charge on any atom is -0.508 e. The molecular weight excluding hydrogens is 452 g/mol. The van der Waals surface area contributed by atoms with Crippen LogP contribution in [0.15, 0.2) is 29.1 Å². The maximum Gasteiger partial charge on any atom is 0.405 e. The molecule has 1 atom stereocenters. The molecule has 1 unspecified atom stereocenters. The van der Waals surface area contributed by atoms with Crippen molar-refractivity contribution in [2.75, 3.05) is 14.1 Å². The lowest BCUT2D eigenvalue weighted by Gasteiger charge is -2.35. The largest absolute Gasteiger partial charge is 0.508 e. The van der Waals surface area contributed by atoms with Crippen molar-refractivity contribution in [3.8, 4) is 17.1 Å². The summed E-state index contributed by atoms with van der Waals surface area (Å²) in [5.74, 6) is -0.603. The van der Waals surface area contributed by atoms with E-state index in [9.17, 15) is 19.5 Å². The van der Waals surface area contributed by atoms with E-state index in [4.69, 9.17) is 20.2 Å². The number of aromatic nitrogens is 2. The van der Waals surface area contributed by atoms with Gasteiger partial charge < -0.3 is 29.8 Å². The number of ether oxygens (including phenoxy) is 2. The minimum atomic E-state index is -1.82. The summed E-state index contributed by atoms with van der Waals surface area (Å²) in [5, 5.41) is 11.2. The molecule has 0 saturated carbocycles. The number of pyridine rings is 2. The van der Waals surface area contributed by atoms with Gasteiger partial charge in [-0.15, -0.1) is 0 Å². The first-order valence-corrected chi connectivity index (χ1v) is 11.2. The Morgan fingerprint density at radius 1 is 1.31 bits per heavy atom. The first-order valence-electron chi connectivity index (χ1n) is 11.2. The maximum atomic E-state index is 13.3. The van der Waals surface area contributed by atoms with Crippen LogP contribution >= 0.6 is 0 Å². The van der Waals surface area contributed by atoms with Crippen LogP contribution < -0.4 is 11.3 Å². The molecule has 10 heteroatoms. The van der Waals surface area contributed by atoms with Gasteiger partial charge in [0.1, 0.15) is 12.4 Å². The molecule has 1 aliphatic heterocycles. The minimum absolute atomic E-state index is 0.0334. The average molecular weight is 481 g/mol. The second kappa shape index (κ2) is 8.70. The van der Waals surface area contributed by atoms with E-state index in [1.165, 1.54) is 4.57 Å². The van der Waals surface area contributed by atoms with E-state index in [0.717, 1.165) is 16.5 Å². The van der Waals surface area contributed by atoms with Crippen LogP contribution in [-0.2, 0) is 40.1 Å². The van der Waals surface area contributed by atoms with Crippen LogP contribution in [0.3, 0.4) is 0 Å². The van der Waals surface area contributed by atoms with Crippen molar-refractivity contribution >= 4 is 23.0 Å². The Hall–Kier alpha value is -3.92. The zero-order valence-corrected chi connectivity index (χ0v) is 20.3. The highest BCUT2D eigenvalue weighted by Crippen LogP contribution is 2.39. The number of aromatic hydroxyl groups is 1. The van der Waals surface area contributed by atoms with Gasteiger partial charge in [0.15, 0.2) is 0 Å². The second-order valence-electron chi connectivity index (χ2n) is 8.99. The number of benzene rings is 1. The molecule has 3 N–H and O–H groups in total. The number of esters is 1. The van der Waals surface area contributed by atoms with Gasteiger partial charge in [-0.25, -0.2) is 14.6 Å². The topological polar surface area (TPSA) is 137 Å². The Morgan fingerprint density at radius 3 is 2.66 bits per heavy atom. The van der Waals surface area contributed by atoms with Gasteiger partial charge in [-0.2, -0.15) is 0 Å². The Morgan fingerprint density at radius 2 is 2.03 bits per heavy atom. The SMILES string of the molecule is CCC1(OC(N)=O)C(=O)OCc2c1cc(-c1nc3ccc(O)c(CN(C)C)c3cc1C)n(C)c2=O. The molecule has 0 fully saturated rings. The summed E-state index contributed by atoms with van der Waals surface area (Å²) < 4.78 is 11.9. The molecule has 35 heavy (non-hydrogen) atoms. The Labute approximate surface area is 201 Å². The summed E-state index contributed by atoms with van der Waals surface area (Å²) in [6.45, 7) is 3.79. The van der Waals surface area contributed by atoms with Gasteiger partial charge in [-0.1, -0.05) is 6.92 Å². The lowest BCUT2D eigenvalue weighted by molar-refractivity contribution is -0.172. The first kappa shape index (κ1) is 24.2. The molecule has 3 heterocycles. The van der Waals surface area contributed by atoms with Crippen LogP contribution in [0.25, 0.3) is 22.3 Å².